The Balaban J connectivity index is 2.21. The molecule has 1 spiro atoms. The number of rotatable bonds is 3. The third-order valence-corrected chi connectivity index (χ3v) is 4.00. The van der Waals surface area contributed by atoms with Crippen LogP contribution >= 0.6 is 0 Å². The predicted octanol–water partition coefficient (Wildman–Crippen LogP) is 2.46. The highest BCUT2D eigenvalue weighted by Gasteiger charge is 2.70. The molecule has 1 heterocycles. The van der Waals surface area contributed by atoms with E-state index in [1.165, 1.54) is 0 Å². The molecule has 3 nitrogen and oxygen atoms in total. The van der Waals surface area contributed by atoms with E-state index in [-0.39, 0.29) is 5.78 Å². The normalized spacial score (nSPS) is 32.8. The summed E-state index contributed by atoms with van der Waals surface area (Å²) in [4.78, 5) is 11.9. The lowest BCUT2D eigenvalue weighted by atomic mass is 9.76. The van der Waals surface area contributed by atoms with Gasteiger partial charge in [-0.1, -0.05) is 30.9 Å². The molecular weight excluding hydrogens is 228 g/mol. The number of hydrogen-bond donors (Lipinski definition) is 0. The van der Waals surface area contributed by atoms with Gasteiger partial charge in [0.05, 0.1) is 0 Å². The molecule has 0 radical (unpaired) electrons. The zero-order chi connectivity index (χ0) is 12.8. The average molecular weight is 244 g/mol. The van der Waals surface area contributed by atoms with Crippen molar-refractivity contribution in [3.63, 3.8) is 0 Å². The van der Waals surface area contributed by atoms with Crippen LogP contribution in [0.4, 0.5) is 0 Å². The van der Waals surface area contributed by atoms with Crippen molar-refractivity contribution in [1.29, 1.82) is 0 Å². The van der Waals surface area contributed by atoms with E-state index >= 15 is 0 Å². The monoisotopic (exact) mass is 244 g/mol. The number of hydrogen-bond acceptors (Lipinski definition) is 3. The van der Waals surface area contributed by atoms with Gasteiger partial charge in [-0.05, 0) is 13.0 Å². The predicted molar refractivity (Wildman–Crippen MR) is 67.5 cm³/mol. The zero-order valence-corrected chi connectivity index (χ0v) is 10.4. The fourth-order valence-corrected chi connectivity index (χ4v) is 2.97. The van der Waals surface area contributed by atoms with Crippen molar-refractivity contribution in [1.82, 2.24) is 0 Å². The highest BCUT2D eigenvalue weighted by Crippen LogP contribution is 2.61. The summed E-state index contributed by atoms with van der Waals surface area (Å²) in [6.07, 6.45) is 2.27. The van der Waals surface area contributed by atoms with Crippen LogP contribution in [0.1, 0.15) is 18.9 Å². The molecule has 3 rings (SSSR count). The maximum Gasteiger partial charge on any atom is 0.147 e. The van der Waals surface area contributed by atoms with Crippen molar-refractivity contribution >= 4 is 5.78 Å². The van der Waals surface area contributed by atoms with Crippen molar-refractivity contribution in [2.75, 3.05) is 13.2 Å². The average Bonchev–Trinajstić information content (AvgIpc) is 3.05. The second-order valence-corrected chi connectivity index (χ2v) is 4.84. The van der Waals surface area contributed by atoms with E-state index in [4.69, 9.17) is 9.47 Å². The molecule has 0 bridgehead atoms. The van der Waals surface area contributed by atoms with E-state index in [0.29, 0.717) is 19.6 Å². The molecule has 1 aromatic rings. The highest BCUT2D eigenvalue weighted by molar-refractivity contribution is 6.03. The molecule has 2 unspecified atom stereocenters. The highest BCUT2D eigenvalue weighted by atomic mass is 16.5. The van der Waals surface area contributed by atoms with Gasteiger partial charge in [0.25, 0.3) is 0 Å². The molecule has 1 saturated carbocycles. The maximum atomic E-state index is 11.9. The molecule has 1 fully saturated rings. The van der Waals surface area contributed by atoms with Gasteiger partial charge >= 0.3 is 0 Å². The molecule has 94 valence electrons. The first-order chi connectivity index (χ1) is 8.70. The van der Waals surface area contributed by atoms with Gasteiger partial charge in [0.2, 0.25) is 0 Å². The Morgan fingerprint density at radius 1 is 1.50 bits per heavy atom. The third-order valence-electron chi connectivity index (χ3n) is 4.00. The van der Waals surface area contributed by atoms with E-state index in [0.717, 1.165) is 11.3 Å². The van der Waals surface area contributed by atoms with Gasteiger partial charge in [0.1, 0.15) is 29.2 Å². The molecule has 0 saturated heterocycles. The van der Waals surface area contributed by atoms with Gasteiger partial charge in [-0.3, -0.25) is 4.79 Å². The summed E-state index contributed by atoms with van der Waals surface area (Å²) in [5, 5.41) is 0. The lowest BCUT2D eigenvalue weighted by Crippen LogP contribution is -2.46. The fraction of sp³-hybridized carbons (Fsp3) is 0.400. The van der Waals surface area contributed by atoms with Crippen LogP contribution in [0.2, 0.25) is 0 Å². The number of ketones is 1. The van der Waals surface area contributed by atoms with Crippen LogP contribution in [0.3, 0.4) is 0 Å². The van der Waals surface area contributed by atoms with Crippen molar-refractivity contribution in [3.8, 4) is 5.75 Å². The zero-order valence-electron chi connectivity index (χ0n) is 10.4. The molecule has 1 aromatic carbocycles. The first kappa shape index (κ1) is 11.5. The van der Waals surface area contributed by atoms with Crippen molar-refractivity contribution in [3.05, 3.63) is 42.5 Å². The van der Waals surface area contributed by atoms with Gasteiger partial charge < -0.3 is 9.47 Å². The number of benzene rings is 1. The minimum Gasteiger partial charge on any atom is -0.492 e. The van der Waals surface area contributed by atoms with E-state index in [1.54, 1.807) is 6.08 Å². The first-order valence-corrected chi connectivity index (χ1v) is 6.23. The Morgan fingerprint density at radius 2 is 2.22 bits per heavy atom. The first-order valence-electron chi connectivity index (χ1n) is 6.23. The Hall–Kier alpha value is -1.61. The molecule has 2 aliphatic rings. The van der Waals surface area contributed by atoms with Crippen molar-refractivity contribution in [2.24, 2.45) is 5.41 Å². The Morgan fingerprint density at radius 3 is 2.83 bits per heavy atom. The number of ether oxygens (including phenoxy) is 2. The SMILES string of the molecule is C=CC1(OCC)c2ccccc2OCC12CC2=O. The van der Waals surface area contributed by atoms with Gasteiger partial charge in [-0.2, -0.15) is 0 Å². The number of Topliss-reactive ketones (excluding diaryl/α,β-unsaturated/α-hetero) is 1. The van der Waals surface area contributed by atoms with Crippen LogP contribution in [0.15, 0.2) is 36.9 Å². The second kappa shape index (κ2) is 3.69. The Bertz CT molecular complexity index is 522. The minimum absolute atomic E-state index is 0.199. The molecule has 18 heavy (non-hydrogen) atoms. The van der Waals surface area contributed by atoms with Crippen LogP contribution in [-0.2, 0) is 15.1 Å². The number of fused-ring (bicyclic) bond motifs is 1. The van der Waals surface area contributed by atoms with Crippen molar-refractivity contribution < 1.29 is 14.3 Å². The van der Waals surface area contributed by atoms with Crippen molar-refractivity contribution in [2.45, 2.75) is 18.9 Å². The van der Waals surface area contributed by atoms with Gasteiger partial charge in [-0.15, -0.1) is 0 Å². The van der Waals surface area contributed by atoms with E-state index < -0.39 is 11.0 Å². The Kier molecular flexibility index (Phi) is 2.35. The van der Waals surface area contributed by atoms with E-state index in [9.17, 15) is 4.79 Å². The number of para-hydroxylation sites is 1. The topological polar surface area (TPSA) is 35.5 Å². The quantitative estimate of drug-likeness (QED) is 0.766. The largest absolute Gasteiger partial charge is 0.492 e. The molecule has 1 aliphatic carbocycles. The fourth-order valence-electron chi connectivity index (χ4n) is 2.97. The summed E-state index contributed by atoms with van der Waals surface area (Å²) in [6, 6.07) is 7.72. The summed E-state index contributed by atoms with van der Waals surface area (Å²) in [6.45, 7) is 6.77. The van der Waals surface area contributed by atoms with Crippen LogP contribution in [0.5, 0.6) is 5.75 Å². The molecular formula is C15H16O3. The number of carbonyl (C=O) groups excluding carboxylic acids is 1. The smallest absolute Gasteiger partial charge is 0.147 e. The summed E-state index contributed by atoms with van der Waals surface area (Å²) >= 11 is 0. The summed E-state index contributed by atoms with van der Waals surface area (Å²) in [7, 11) is 0. The molecule has 3 heteroatoms. The van der Waals surface area contributed by atoms with Crippen LogP contribution < -0.4 is 4.74 Å². The molecule has 0 amide bonds. The molecule has 2 atom stereocenters. The lowest BCUT2D eigenvalue weighted by Gasteiger charge is -2.42. The summed E-state index contributed by atoms with van der Waals surface area (Å²) in [5.74, 6) is 0.988. The third kappa shape index (κ3) is 1.20. The summed E-state index contributed by atoms with van der Waals surface area (Å²) < 4.78 is 11.7. The molecule has 0 aromatic heterocycles. The van der Waals surface area contributed by atoms with Crippen LogP contribution in [0.25, 0.3) is 0 Å². The van der Waals surface area contributed by atoms with Gasteiger partial charge in [-0.25, -0.2) is 0 Å². The van der Waals surface area contributed by atoms with Crippen LogP contribution in [-0.4, -0.2) is 19.0 Å². The van der Waals surface area contributed by atoms with E-state index in [1.807, 2.05) is 31.2 Å². The van der Waals surface area contributed by atoms with E-state index in [2.05, 4.69) is 6.58 Å². The van der Waals surface area contributed by atoms with Gasteiger partial charge in [0, 0.05) is 18.6 Å². The standard InChI is InChI=1S/C15H16O3/c1-3-15(18-4-2)11-7-5-6-8-12(11)17-10-14(15)9-13(14)16/h3,5-8H,1,4,9-10H2,2H3. The Labute approximate surface area is 106 Å². The van der Waals surface area contributed by atoms with Gasteiger partial charge in [0.15, 0.2) is 0 Å². The lowest BCUT2D eigenvalue weighted by molar-refractivity contribution is -0.128. The number of carbonyl (C=O) groups is 1. The molecule has 1 aliphatic heterocycles. The maximum absolute atomic E-state index is 11.9. The minimum atomic E-state index is -0.728. The summed E-state index contributed by atoms with van der Waals surface area (Å²) in [5.41, 5.74) is -0.369. The molecule has 0 N–H and O–H groups in total. The second-order valence-electron chi connectivity index (χ2n) is 4.84. The van der Waals surface area contributed by atoms with Crippen LogP contribution in [0, 0.1) is 5.41 Å².